The van der Waals surface area contributed by atoms with Gasteiger partial charge in [-0.2, -0.15) is 0 Å². The van der Waals surface area contributed by atoms with Crippen LogP contribution in [0.15, 0.2) is 0 Å². The van der Waals surface area contributed by atoms with E-state index < -0.39 is 0 Å². The quantitative estimate of drug-likeness (QED) is 0.574. The largest absolute Gasteiger partial charge is 0.329 e. The molecule has 0 saturated carbocycles. The molecule has 3 heteroatoms. The molecule has 2 rings (SSSR count). The molecule has 11 heavy (non-hydrogen) atoms. The first-order valence-electron chi connectivity index (χ1n) is 4.45. The lowest BCUT2D eigenvalue weighted by molar-refractivity contribution is 0.153. The molecule has 0 aromatic heterocycles. The molecule has 2 N–H and O–H groups in total. The highest BCUT2D eigenvalue weighted by Crippen LogP contribution is 2.28. The van der Waals surface area contributed by atoms with E-state index in [1.807, 2.05) is 0 Å². The summed E-state index contributed by atoms with van der Waals surface area (Å²) in [7, 11) is 2.23. The summed E-state index contributed by atoms with van der Waals surface area (Å²) in [5, 5.41) is 0. The average Bonchev–Trinajstić information content (AvgIpc) is 2.47. The molecule has 0 aromatic rings. The maximum atomic E-state index is 5.52. The minimum atomic E-state index is 0.812. The molecule has 0 spiro atoms. The van der Waals surface area contributed by atoms with Gasteiger partial charge in [-0.3, -0.25) is 4.90 Å². The van der Waals surface area contributed by atoms with E-state index in [2.05, 4.69) is 16.8 Å². The molecule has 2 aliphatic rings. The molecule has 0 aliphatic carbocycles. The predicted molar refractivity (Wildman–Crippen MR) is 45.5 cm³/mol. The number of likely N-dealkylation sites (tertiary alicyclic amines) is 2. The van der Waals surface area contributed by atoms with Gasteiger partial charge in [-0.05, 0) is 13.5 Å². The van der Waals surface area contributed by atoms with E-state index >= 15 is 0 Å². The Morgan fingerprint density at radius 1 is 1.36 bits per heavy atom. The van der Waals surface area contributed by atoms with Gasteiger partial charge in [0.1, 0.15) is 0 Å². The molecular weight excluding hydrogens is 138 g/mol. The van der Waals surface area contributed by atoms with E-state index in [0.29, 0.717) is 0 Å². The first-order chi connectivity index (χ1) is 5.31. The van der Waals surface area contributed by atoms with Gasteiger partial charge < -0.3 is 10.6 Å². The van der Waals surface area contributed by atoms with Crippen molar-refractivity contribution in [2.45, 2.75) is 18.5 Å². The topological polar surface area (TPSA) is 32.5 Å². The average molecular weight is 155 g/mol. The molecule has 3 nitrogen and oxygen atoms in total. The van der Waals surface area contributed by atoms with Crippen molar-refractivity contribution in [3.05, 3.63) is 0 Å². The lowest BCUT2D eigenvalue weighted by atomic mass is 10.2. The number of likely N-dealkylation sites (N-methyl/N-ethyl adjacent to an activating group) is 1. The van der Waals surface area contributed by atoms with Crippen molar-refractivity contribution < 1.29 is 0 Å². The summed E-state index contributed by atoms with van der Waals surface area (Å²) >= 11 is 0. The maximum absolute atomic E-state index is 5.52. The molecule has 64 valence electrons. The van der Waals surface area contributed by atoms with E-state index in [4.69, 9.17) is 5.73 Å². The highest BCUT2D eigenvalue weighted by Gasteiger charge is 2.40. The number of fused-ring (bicyclic) bond motifs is 2. The Kier molecular flexibility index (Phi) is 1.87. The molecule has 0 aromatic carbocycles. The van der Waals surface area contributed by atoms with E-state index in [9.17, 15) is 0 Å². The molecule has 2 fully saturated rings. The normalized spacial score (nSPS) is 38.7. The molecular formula is C8H17N3. The Balaban J connectivity index is 1.92. The maximum Gasteiger partial charge on any atom is 0.0239 e. The van der Waals surface area contributed by atoms with Crippen LogP contribution in [-0.4, -0.2) is 55.1 Å². The van der Waals surface area contributed by atoms with Gasteiger partial charge in [-0.15, -0.1) is 0 Å². The summed E-state index contributed by atoms with van der Waals surface area (Å²) < 4.78 is 0. The first-order valence-corrected chi connectivity index (χ1v) is 4.45. The van der Waals surface area contributed by atoms with Gasteiger partial charge in [0.25, 0.3) is 0 Å². The lowest BCUT2D eigenvalue weighted by Gasteiger charge is -2.31. The van der Waals surface area contributed by atoms with Crippen molar-refractivity contribution in [2.24, 2.45) is 5.73 Å². The van der Waals surface area contributed by atoms with Crippen LogP contribution in [-0.2, 0) is 0 Å². The third-order valence-corrected chi connectivity index (χ3v) is 3.04. The summed E-state index contributed by atoms with van der Waals surface area (Å²) in [6.07, 6.45) is 1.37. The van der Waals surface area contributed by atoms with Crippen molar-refractivity contribution in [3.8, 4) is 0 Å². The van der Waals surface area contributed by atoms with E-state index in [-0.39, 0.29) is 0 Å². The van der Waals surface area contributed by atoms with Crippen LogP contribution in [0, 0.1) is 0 Å². The third kappa shape index (κ3) is 1.17. The van der Waals surface area contributed by atoms with Gasteiger partial charge in [-0.1, -0.05) is 0 Å². The van der Waals surface area contributed by atoms with Crippen LogP contribution in [0.3, 0.4) is 0 Å². The van der Waals surface area contributed by atoms with Gasteiger partial charge >= 0.3 is 0 Å². The van der Waals surface area contributed by atoms with Crippen molar-refractivity contribution in [1.29, 1.82) is 0 Å². The van der Waals surface area contributed by atoms with Crippen molar-refractivity contribution in [3.63, 3.8) is 0 Å². The number of nitrogens with zero attached hydrogens (tertiary/aromatic N) is 2. The first kappa shape index (κ1) is 7.53. The lowest BCUT2D eigenvalue weighted by Crippen LogP contribution is -2.46. The Bertz CT molecular complexity index is 146. The van der Waals surface area contributed by atoms with Crippen molar-refractivity contribution in [2.75, 3.05) is 33.2 Å². The van der Waals surface area contributed by atoms with Gasteiger partial charge in [0.15, 0.2) is 0 Å². The predicted octanol–water partition coefficient (Wildman–Crippen LogP) is -0.667. The smallest absolute Gasteiger partial charge is 0.0239 e. The Labute approximate surface area is 68.1 Å². The van der Waals surface area contributed by atoms with E-state index in [0.717, 1.165) is 25.2 Å². The molecule has 0 amide bonds. The number of hydrogen-bond acceptors (Lipinski definition) is 3. The summed E-state index contributed by atoms with van der Waals surface area (Å²) in [6.45, 7) is 4.41. The summed E-state index contributed by atoms with van der Waals surface area (Å²) in [5.41, 5.74) is 5.52. The van der Waals surface area contributed by atoms with Gasteiger partial charge in [0.2, 0.25) is 0 Å². The number of piperazine rings is 1. The van der Waals surface area contributed by atoms with Crippen LogP contribution in [0.2, 0.25) is 0 Å². The van der Waals surface area contributed by atoms with Gasteiger partial charge in [0.05, 0.1) is 0 Å². The SMILES string of the molecule is CN1CC2CC1CN2CCN. The zero-order valence-corrected chi connectivity index (χ0v) is 7.16. The standard InChI is InChI=1S/C8H17N3/c1-10-5-8-4-7(10)6-11(8)3-2-9/h7-8H,2-6,9H2,1H3. The summed E-state index contributed by atoms with van der Waals surface area (Å²) in [5.74, 6) is 0. The molecule has 2 saturated heterocycles. The van der Waals surface area contributed by atoms with Crippen LogP contribution in [0.4, 0.5) is 0 Å². The molecule has 2 atom stereocenters. The van der Waals surface area contributed by atoms with Crippen LogP contribution >= 0.6 is 0 Å². The second-order valence-corrected chi connectivity index (χ2v) is 3.77. The summed E-state index contributed by atoms with van der Waals surface area (Å²) in [4.78, 5) is 5.00. The molecule has 2 unspecified atom stereocenters. The van der Waals surface area contributed by atoms with Crippen molar-refractivity contribution >= 4 is 0 Å². The number of nitrogens with two attached hydrogens (primary N) is 1. The Morgan fingerprint density at radius 2 is 2.18 bits per heavy atom. The number of rotatable bonds is 2. The van der Waals surface area contributed by atoms with Crippen LogP contribution in [0.1, 0.15) is 6.42 Å². The molecule has 2 bridgehead atoms. The second-order valence-electron chi connectivity index (χ2n) is 3.77. The van der Waals surface area contributed by atoms with Gasteiger partial charge in [-0.25, -0.2) is 0 Å². The number of hydrogen-bond donors (Lipinski definition) is 1. The van der Waals surface area contributed by atoms with Crippen LogP contribution < -0.4 is 5.73 Å². The molecule has 2 aliphatic heterocycles. The Hall–Kier alpha value is -0.120. The summed E-state index contributed by atoms with van der Waals surface area (Å²) in [6, 6.07) is 1.64. The fourth-order valence-electron chi connectivity index (χ4n) is 2.39. The molecule has 2 heterocycles. The second kappa shape index (κ2) is 2.73. The fourth-order valence-corrected chi connectivity index (χ4v) is 2.39. The van der Waals surface area contributed by atoms with E-state index in [1.165, 1.54) is 19.5 Å². The molecule has 0 radical (unpaired) electrons. The van der Waals surface area contributed by atoms with E-state index in [1.54, 1.807) is 0 Å². The highest BCUT2D eigenvalue weighted by molar-refractivity contribution is 4.98. The van der Waals surface area contributed by atoms with Crippen LogP contribution in [0.5, 0.6) is 0 Å². The minimum Gasteiger partial charge on any atom is -0.329 e. The fraction of sp³-hybridized carbons (Fsp3) is 1.00. The Morgan fingerprint density at radius 3 is 2.64 bits per heavy atom. The zero-order chi connectivity index (χ0) is 7.84. The minimum absolute atomic E-state index is 0.812. The van der Waals surface area contributed by atoms with Gasteiger partial charge in [0, 0.05) is 38.3 Å². The monoisotopic (exact) mass is 155 g/mol. The third-order valence-electron chi connectivity index (χ3n) is 3.04. The van der Waals surface area contributed by atoms with Crippen molar-refractivity contribution in [1.82, 2.24) is 9.80 Å². The zero-order valence-electron chi connectivity index (χ0n) is 7.16. The van der Waals surface area contributed by atoms with Crippen LogP contribution in [0.25, 0.3) is 0 Å². The highest BCUT2D eigenvalue weighted by atomic mass is 15.3.